The second-order valence-electron chi connectivity index (χ2n) is 7.16. The molecule has 1 aliphatic heterocycles. The summed E-state index contributed by atoms with van der Waals surface area (Å²) in [5.41, 5.74) is 2.00. The van der Waals surface area contributed by atoms with Crippen LogP contribution in [0.1, 0.15) is 28.8 Å². The highest BCUT2D eigenvalue weighted by molar-refractivity contribution is 7.16. The van der Waals surface area contributed by atoms with Gasteiger partial charge in [-0.25, -0.2) is 0 Å². The van der Waals surface area contributed by atoms with Crippen LogP contribution in [0.3, 0.4) is 0 Å². The van der Waals surface area contributed by atoms with Gasteiger partial charge < -0.3 is 9.30 Å². The standard InChI is InChI=1S/C22H18ClN3O5S/c1-12-15(23)6-7-16-20(12)25(11-19(29)31-2)22(32-16)24-21(30)13-4-3-5-14(10-13)26-17(27)8-9-18(26)28/h3-7,10H,8-9,11H2,1-2H3. The van der Waals surface area contributed by atoms with Gasteiger partial charge in [0.1, 0.15) is 6.54 Å². The van der Waals surface area contributed by atoms with Crippen molar-refractivity contribution in [2.24, 2.45) is 4.99 Å². The Morgan fingerprint density at radius 2 is 1.88 bits per heavy atom. The molecule has 0 atom stereocenters. The fourth-order valence-electron chi connectivity index (χ4n) is 3.54. The number of ether oxygens (including phenoxy) is 1. The molecule has 1 aliphatic rings. The van der Waals surface area contributed by atoms with E-state index < -0.39 is 11.9 Å². The lowest BCUT2D eigenvalue weighted by Gasteiger charge is -2.14. The molecule has 3 amide bonds. The highest BCUT2D eigenvalue weighted by Gasteiger charge is 2.30. The van der Waals surface area contributed by atoms with Crippen LogP contribution >= 0.6 is 22.9 Å². The van der Waals surface area contributed by atoms with Crippen LogP contribution in [-0.4, -0.2) is 35.4 Å². The van der Waals surface area contributed by atoms with Crippen molar-refractivity contribution < 1.29 is 23.9 Å². The Bertz CT molecular complexity index is 1340. The van der Waals surface area contributed by atoms with E-state index in [0.29, 0.717) is 21.0 Å². The minimum absolute atomic E-state index is 0.138. The van der Waals surface area contributed by atoms with Crippen molar-refractivity contribution >= 4 is 62.5 Å². The Labute approximate surface area is 191 Å². The number of carbonyl (C=O) groups excluding carboxylic acids is 4. The summed E-state index contributed by atoms with van der Waals surface area (Å²) in [7, 11) is 1.28. The largest absolute Gasteiger partial charge is 0.468 e. The zero-order valence-corrected chi connectivity index (χ0v) is 18.8. The van der Waals surface area contributed by atoms with Crippen LogP contribution in [0.2, 0.25) is 5.02 Å². The average molecular weight is 472 g/mol. The molecule has 1 saturated heterocycles. The number of imide groups is 1. The maximum absolute atomic E-state index is 13.0. The van der Waals surface area contributed by atoms with E-state index in [-0.39, 0.29) is 36.8 Å². The molecule has 32 heavy (non-hydrogen) atoms. The molecular weight excluding hydrogens is 454 g/mol. The molecule has 0 bridgehead atoms. The van der Waals surface area contributed by atoms with Crippen LogP contribution in [0.5, 0.6) is 0 Å². The molecular formula is C22H18ClN3O5S. The van der Waals surface area contributed by atoms with Crippen molar-refractivity contribution in [3.8, 4) is 0 Å². The first-order chi connectivity index (χ1) is 15.3. The van der Waals surface area contributed by atoms with Crippen molar-refractivity contribution in [1.29, 1.82) is 0 Å². The normalized spacial score (nSPS) is 14.5. The minimum atomic E-state index is -0.570. The Kier molecular flexibility index (Phi) is 5.94. The van der Waals surface area contributed by atoms with Crippen molar-refractivity contribution in [3.63, 3.8) is 0 Å². The summed E-state index contributed by atoms with van der Waals surface area (Å²) >= 11 is 7.50. The third-order valence-corrected chi connectivity index (χ3v) is 6.60. The van der Waals surface area contributed by atoms with E-state index in [1.54, 1.807) is 34.9 Å². The number of fused-ring (bicyclic) bond motifs is 1. The molecule has 10 heteroatoms. The summed E-state index contributed by atoms with van der Waals surface area (Å²) in [5, 5.41) is 0.527. The number of carbonyl (C=O) groups is 4. The molecule has 0 spiro atoms. The molecule has 1 aromatic heterocycles. The van der Waals surface area contributed by atoms with Crippen molar-refractivity contribution in [3.05, 3.63) is 57.3 Å². The summed E-state index contributed by atoms with van der Waals surface area (Å²) in [6.45, 7) is 1.69. The number of hydrogen-bond donors (Lipinski definition) is 0. The zero-order chi connectivity index (χ0) is 23.0. The van der Waals surface area contributed by atoms with Crippen LogP contribution in [-0.2, 0) is 25.7 Å². The lowest BCUT2D eigenvalue weighted by Crippen LogP contribution is -2.28. The highest BCUT2D eigenvalue weighted by atomic mass is 35.5. The molecule has 0 unspecified atom stereocenters. The average Bonchev–Trinajstić information content (AvgIpc) is 3.30. The molecule has 164 valence electrons. The van der Waals surface area contributed by atoms with E-state index >= 15 is 0 Å². The molecule has 8 nitrogen and oxygen atoms in total. The fourth-order valence-corrected chi connectivity index (χ4v) is 4.77. The molecule has 4 rings (SSSR count). The van der Waals surface area contributed by atoms with Crippen LogP contribution in [0, 0.1) is 6.92 Å². The first kappa shape index (κ1) is 21.9. The number of methoxy groups -OCH3 is 1. The predicted molar refractivity (Wildman–Crippen MR) is 120 cm³/mol. The summed E-state index contributed by atoms with van der Waals surface area (Å²) in [4.78, 5) is 54.7. The Morgan fingerprint density at radius 3 is 2.56 bits per heavy atom. The minimum Gasteiger partial charge on any atom is -0.468 e. The van der Waals surface area contributed by atoms with Gasteiger partial charge in [-0.15, -0.1) is 0 Å². The zero-order valence-electron chi connectivity index (χ0n) is 17.3. The number of halogens is 1. The highest BCUT2D eigenvalue weighted by Crippen LogP contribution is 2.27. The van der Waals surface area contributed by atoms with Crippen LogP contribution < -0.4 is 9.70 Å². The number of esters is 1. The van der Waals surface area contributed by atoms with Gasteiger partial charge in [-0.1, -0.05) is 29.0 Å². The van der Waals surface area contributed by atoms with Gasteiger partial charge >= 0.3 is 5.97 Å². The number of hydrogen-bond acceptors (Lipinski definition) is 6. The number of amides is 3. The fraction of sp³-hybridized carbons (Fsp3) is 0.227. The number of thiazole rings is 1. The lowest BCUT2D eigenvalue weighted by atomic mass is 10.2. The molecule has 2 aromatic carbocycles. The molecule has 0 aliphatic carbocycles. The third kappa shape index (κ3) is 3.96. The van der Waals surface area contributed by atoms with E-state index in [1.165, 1.54) is 24.5 Å². The van der Waals surface area contributed by atoms with Crippen LogP contribution in [0.25, 0.3) is 10.2 Å². The van der Waals surface area contributed by atoms with E-state index in [0.717, 1.165) is 15.2 Å². The maximum Gasteiger partial charge on any atom is 0.325 e. The van der Waals surface area contributed by atoms with Crippen LogP contribution in [0.4, 0.5) is 5.69 Å². The second-order valence-corrected chi connectivity index (χ2v) is 8.57. The first-order valence-electron chi connectivity index (χ1n) is 9.70. The molecule has 0 N–H and O–H groups in total. The quantitative estimate of drug-likeness (QED) is 0.429. The van der Waals surface area contributed by atoms with E-state index in [1.807, 2.05) is 6.92 Å². The van der Waals surface area contributed by atoms with Gasteiger partial charge in [0.15, 0.2) is 4.80 Å². The van der Waals surface area contributed by atoms with Gasteiger partial charge in [0.05, 0.1) is 23.0 Å². The summed E-state index contributed by atoms with van der Waals surface area (Å²) in [5.74, 6) is -1.67. The van der Waals surface area contributed by atoms with E-state index in [9.17, 15) is 19.2 Å². The van der Waals surface area contributed by atoms with Gasteiger partial charge in [-0.05, 0) is 42.8 Å². The topological polar surface area (TPSA) is 98.0 Å². The number of nitrogens with zero attached hydrogens (tertiary/aromatic N) is 3. The third-order valence-electron chi connectivity index (χ3n) is 5.14. The maximum atomic E-state index is 13.0. The number of rotatable bonds is 4. The summed E-state index contributed by atoms with van der Waals surface area (Å²) in [6.07, 6.45) is 0.303. The number of anilines is 1. The first-order valence-corrected chi connectivity index (χ1v) is 10.9. The summed E-state index contributed by atoms with van der Waals surface area (Å²) in [6, 6.07) is 9.76. The monoisotopic (exact) mass is 471 g/mol. The van der Waals surface area contributed by atoms with Gasteiger partial charge in [0.25, 0.3) is 5.91 Å². The Morgan fingerprint density at radius 1 is 1.16 bits per heavy atom. The Hall–Kier alpha value is -3.30. The van der Waals surface area contributed by atoms with Gasteiger partial charge in [-0.2, -0.15) is 4.99 Å². The SMILES string of the molecule is COC(=O)Cn1c(=NC(=O)c2cccc(N3C(=O)CCC3=O)c2)sc2ccc(Cl)c(C)c21. The summed E-state index contributed by atoms with van der Waals surface area (Å²) < 4.78 is 7.21. The molecule has 1 fully saturated rings. The number of aryl methyl sites for hydroxylation is 1. The predicted octanol–water partition coefficient (Wildman–Crippen LogP) is 3.23. The molecule has 0 radical (unpaired) electrons. The smallest absolute Gasteiger partial charge is 0.325 e. The van der Waals surface area contributed by atoms with Gasteiger partial charge in [0.2, 0.25) is 11.8 Å². The van der Waals surface area contributed by atoms with Crippen molar-refractivity contribution in [2.45, 2.75) is 26.3 Å². The van der Waals surface area contributed by atoms with Crippen molar-refractivity contribution in [1.82, 2.24) is 4.57 Å². The Balaban J connectivity index is 1.80. The van der Waals surface area contributed by atoms with E-state index in [2.05, 4.69) is 4.99 Å². The molecule has 0 saturated carbocycles. The number of aromatic nitrogens is 1. The van der Waals surface area contributed by atoms with E-state index in [4.69, 9.17) is 16.3 Å². The van der Waals surface area contributed by atoms with Gasteiger partial charge in [-0.3, -0.25) is 24.1 Å². The van der Waals surface area contributed by atoms with Crippen LogP contribution in [0.15, 0.2) is 41.4 Å². The number of benzene rings is 2. The van der Waals surface area contributed by atoms with Gasteiger partial charge in [0, 0.05) is 23.4 Å². The molecule has 2 heterocycles. The lowest BCUT2D eigenvalue weighted by molar-refractivity contribution is -0.141. The molecule has 3 aromatic rings. The second kappa shape index (κ2) is 8.68. The van der Waals surface area contributed by atoms with Crippen molar-refractivity contribution in [2.75, 3.05) is 12.0 Å².